The van der Waals surface area contributed by atoms with E-state index < -0.39 is 0 Å². The summed E-state index contributed by atoms with van der Waals surface area (Å²) in [7, 11) is 1.32. The molecule has 0 saturated heterocycles. The second-order valence-corrected chi connectivity index (χ2v) is 13.5. The zero-order valence-electron chi connectivity index (χ0n) is 17.5. The SMILES string of the molecule is CC(C)(C)c1cc(C(C)(C)C)c(P=C(Br)CCCBr)c(C(C)(C)C)c1. The van der Waals surface area contributed by atoms with E-state index >= 15 is 0 Å². The molecular weight excluding hydrogens is 455 g/mol. The molecule has 3 heteroatoms. The third-order valence-corrected chi connectivity index (χ3v) is 7.00. The number of halogens is 2. The highest BCUT2D eigenvalue weighted by atomic mass is 79.9. The van der Waals surface area contributed by atoms with Gasteiger partial charge in [0, 0.05) is 14.8 Å². The fourth-order valence-corrected chi connectivity index (χ4v) is 5.37. The van der Waals surface area contributed by atoms with Crippen LogP contribution in [0.4, 0.5) is 0 Å². The van der Waals surface area contributed by atoms with Crippen LogP contribution in [0.2, 0.25) is 0 Å². The molecule has 0 bridgehead atoms. The van der Waals surface area contributed by atoms with Gasteiger partial charge in [0.05, 0.1) is 0 Å². The fraction of sp³-hybridized carbons (Fsp3) is 0.682. The van der Waals surface area contributed by atoms with Gasteiger partial charge in [0.15, 0.2) is 0 Å². The van der Waals surface area contributed by atoms with Crippen LogP contribution >= 0.6 is 40.1 Å². The van der Waals surface area contributed by atoms with Crippen LogP contribution in [0.3, 0.4) is 0 Å². The van der Waals surface area contributed by atoms with Crippen molar-refractivity contribution in [2.75, 3.05) is 5.33 Å². The van der Waals surface area contributed by atoms with E-state index in [1.165, 1.54) is 40.8 Å². The highest BCUT2D eigenvalue weighted by Crippen LogP contribution is 2.35. The predicted molar refractivity (Wildman–Crippen MR) is 126 cm³/mol. The molecule has 0 unspecified atom stereocenters. The van der Waals surface area contributed by atoms with Gasteiger partial charge in [-0.25, -0.2) is 0 Å². The van der Waals surface area contributed by atoms with Crippen LogP contribution in [0.5, 0.6) is 0 Å². The van der Waals surface area contributed by atoms with Gasteiger partial charge in [0.2, 0.25) is 0 Å². The molecule has 0 aliphatic rings. The normalized spacial score (nSPS) is 14.1. The maximum Gasteiger partial charge on any atom is 0.0229 e. The van der Waals surface area contributed by atoms with Gasteiger partial charge < -0.3 is 0 Å². The summed E-state index contributed by atoms with van der Waals surface area (Å²) >= 11 is 7.41. The number of alkyl halides is 1. The summed E-state index contributed by atoms with van der Waals surface area (Å²) in [6, 6.07) is 4.92. The summed E-state index contributed by atoms with van der Waals surface area (Å²) in [5.41, 5.74) is 4.84. The molecular formula is C22H35Br2P. The molecule has 0 saturated carbocycles. The molecule has 0 heterocycles. The Morgan fingerprint density at radius 1 is 0.840 bits per heavy atom. The predicted octanol–water partition coefficient (Wildman–Crippen LogP) is 7.85. The lowest BCUT2D eigenvalue weighted by Gasteiger charge is -2.32. The van der Waals surface area contributed by atoms with Gasteiger partial charge in [0.1, 0.15) is 0 Å². The van der Waals surface area contributed by atoms with Gasteiger partial charge in [-0.2, -0.15) is 0 Å². The molecule has 142 valence electrons. The minimum absolute atomic E-state index is 0.131. The van der Waals surface area contributed by atoms with Crippen LogP contribution in [0.25, 0.3) is 0 Å². The Bertz CT molecular complexity index is 588. The van der Waals surface area contributed by atoms with Crippen LogP contribution < -0.4 is 5.30 Å². The van der Waals surface area contributed by atoms with Crippen LogP contribution in [0.1, 0.15) is 91.8 Å². The Morgan fingerprint density at radius 2 is 1.28 bits per heavy atom. The first-order chi connectivity index (χ1) is 11.2. The molecule has 0 aliphatic heterocycles. The molecule has 0 atom stereocenters. The van der Waals surface area contributed by atoms with E-state index in [1.807, 2.05) is 0 Å². The van der Waals surface area contributed by atoms with Crippen molar-refractivity contribution in [3.63, 3.8) is 0 Å². The molecule has 0 aliphatic carbocycles. The zero-order valence-corrected chi connectivity index (χ0v) is 21.5. The minimum atomic E-state index is 0.131. The second-order valence-electron chi connectivity index (χ2n) is 9.95. The van der Waals surface area contributed by atoms with Crippen LogP contribution in [-0.2, 0) is 16.2 Å². The number of hydrogen-bond donors (Lipinski definition) is 0. The summed E-state index contributed by atoms with van der Waals surface area (Å²) in [4.78, 5) is 0. The largest absolute Gasteiger partial charge is 0.0928 e. The molecule has 0 aromatic heterocycles. The van der Waals surface area contributed by atoms with Gasteiger partial charge in [0.25, 0.3) is 0 Å². The average Bonchev–Trinajstić information content (AvgIpc) is 2.41. The summed E-state index contributed by atoms with van der Waals surface area (Å²) in [6.45, 7) is 21.0. The lowest BCUT2D eigenvalue weighted by atomic mass is 9.75. The topological polar surface area (TPSA) is 0 Å². The average molecular weight is 490 g/mol. The van der Waals surface area contributed by atoms with E-state index in [2.05, 4.69) is 106 Å². The maximum atomic E-state index is 3.86. The number of benzene rings is 1. The quantitative estimate of drug-likeness (QED) is 0.298. The van der Waals surface area contributed by atoms with Gasteiger partial charge in [-0.1, -0.05) is 115 Å². The van der Waals surface area contributed by atoms with Crippen molar-refractivity contribution in [1.82, 2.24) is 0 Å². The monoisotopic (exact) mass is 488 g/mol. The number of hydrogen-bond acceptors (Lipinski definition) is 0. The molecule has 1 rings (SSSR count). The Balaban J connectivity index is 3.77. The van der Waals surface area contributed by atoms with E-state index in [1.54, 1.807) is 0 Å². The first-order valence-corrected chi connectivity index (χ1v) is 12.0. The van der Waals surface area contributed by atoms with Gasteiger partial charge in [-0.15, -0.1) is 0 Å². The summed E-state index contributed by atoms with van der Waals surface area (Å²) in [5, 5.41) is 2.55. The van der Waals surface area contributed by atoms with Gasteiger partial charge in [-0.3, -0.25) is 0 Å². The maximum absolute atomic E-state index is 3.86. The van der Waals surface area contributed by atoms with E-state index in [9.17, 15) is 0 Å². The van der Waals surface area contributed by atoms with Crippen molar-refractivity contribution in [2.24, 2.45) is 0 Å². The third-order valence-electron chi connectivity index (χ3n) is 4.34. The lowest BCUT2D eigenvalue weighted by molar-refractivity contribution is 0.554. The van der Waals surface area contributed by atoms with Crippen LogP contribution in [-0.4, -0.2) is 9.53 Å². The van der Waals surface area contributed by atoms with Crippen LogP contribution in [0, 0.1) is 0 Å². The van der Waals surface area contributed by atoms with E-state index in [0.717, 1.165) is 11.8 Å². The standard InChI is InChI=1S/C22H35Br2P/c1-20(2,3)15-13-16(21(4,5)6)19(17(14-15)22(7,8)9)25-18(24)11-10-12-23/h13-14H,10-12H2,1-9H3. The third kappa shape index (κ3) is 6.78. The van der Waals surface area contributed by atoms with Crippen molar-refractivity contribution in [3.8, 4) is 0 Å². The fourth-order valence-electron chi connectivity index (χ4n) is 2.72. The summed E-state index contributed by atoms with van der Waals surface area (Å²) in [5.74, 6) is 0. The highest BCUT2D eigenvalue weighted by Gasteiger charge is 2.28. The molecule has 0 fully saturated rings. The molecule has 1 aromatic carbocycles. The molecule has 25 heavy (non-hydrogen) atoms. The molecule has 0 N–H and O–H groups in total. The Labute approximate surface area is 174 Å². The van der Waals surface area contributed by atoms with Crippen molar-refractivity contribution in [3.05, 3.63) is 28.8 Å². The molecule has 0 spiro atoms. The zero-order chi connectivity index (χ0) is 19.6. The Hall–Kier alpha value is 0.350. The molecule has 0 nitrogen and oxygen atoms in total. The van der Waals surface area contributed by atoms with Gasteiger partial charge in [-0.05, 0) is 45.8 Å². The Morgan fingerprint density at radius 3 is 1.60 bits per heavy atom. The number of rotatable bonds is 4. The minimum Gasteiger partial charge on any atom is -0.0928 e. The lowest BCUT2D eigenvalue weighted by Crippen LogP contribution is -2.30. The van der Waals surface area contributed by atoms with Crippen molar-refractivity contribution in [2.45, 2.75) is 91.4 Å². The van der Waals surface area contributed by atoms with Crippen LogP contribution in [0.15, 0.2) is 12.1 Å². The first kappa shape index (κ1) is 23.4. The van der Waals surface area contributed by atoms with E-state index in [-0.39, 0.29) is 16.2 Å². The van der Waals surface area contributed by atoms with Crippen molar-refractivity contribution < 1.29 is 0 Å². The van der Waals surface area contributed by atoms with E-state index in [0.29, 0.717) is 0 Å². The van der Waals surface area contributed by atoms with Crippen molar-refractivity contribution >= 4 is 49.6 Å². The highest BCUT2D eigenvalue weighted by molar-refractivity contribution is 9.19. The van der Waals surface area contributed by atoms with E-state index in [4.69, 9.17) is 0 Å². The summed E-state index contributed by atoms with van der Waals surface area (Å²) in [6.07, 6.45) is 2.28. The van der Waals surface area contributed by atoms with Crippen molar-refractivity contribution in [1.29, 1.82) is 0 Å². The van der Waals surface area contributed by atoms with Gasteiger partial charge >= 0.3 is 0 Å². The molecule has 0 radical (unpaired) electrons. The smallest absolute Gasteiger partial charge is 0.0229 e. The second kappa shape index (κ2) is 8.57. The Kier molecular flexibility index (Phi) is 8.02. The molecule has 1 aromatic rings. The summed E-state index contributed by atoms with van der Waals surface area (Å²) < 4.78 is 1.38. The molecule has 0 amide bonds. The first-order valence-electron chi connectivity index (χ1n) is 9.16.